The molecular formula is C53H72O7S. The van der Waals surface area contributed by atoms with Gasteiger partial charge in [-0.2, -0.15) is 12.6 Å². The van der Waals surface area contributed by atoms with E-state index in [1.807, 2.05) is 48.5 Å². The predicted molar refractivity (Wildman–Crippen MR) is 253 cm³/mol. The molecule has 4 aromatic rings. The highest BCUT2D eigenvalue weighted by atomic mass is 32.1. The lowest BCUT2D eigenvalue weighted by Crippen LogP contribution is -2.12. The zero-order chi connectivity index (χ0) is 43.2. The number of carbonyl (C=O) groups excluding carboxylic acids is 2. The predicted octanol–water partition coefficient (Wildman–Crippen LogP) is 15.1. The standard InChI is InChI=1S/C53H72O7S/c1-3-5-7-9-16-20-38-56-46-30-28-45(29-31-46)52(54)59-47-32-24-43(25-33-47)44-26-34-48(35-27-44)60-53(55)50-37-36-49(57-39-21-17-10-8-6-4-2)42-51(50)58-40-22-18-14-12-11-13-15-19-23-41-61/h24-37,42,61H,3-23,38-41H2,1-2H3. The first-order valence-corrected chi connectivity index (χ1v) is 24.0. The van der Waals surface area contributed by atoms with Crippen molar-refractivity contribution in [2.45, 2.75) is 149 Å². The van der Waals surface area contributed by atoms with Gasteiger partial charge in [0.1, 0.15) is 34.3 Å². The van der Waals surface area contributed by atoms with Crippen LogP contribution in [0.5, 0.6) is 28.7 Å². The van der Waals surface area contributed by atoms with Crippen molar-refractivity contribution in [1.29, 1.82) is 0 Å². The summed E-state index contributed by atoms with van der Waals surface area (Å²) in [6.07, 6.45) is 25.2. The Morgan fingerprint density at radius 2 is 0.803 bits per heavy atom. The average molecular weight is 853 g/mol. The van der Waals surface area contributed by atoms with E-state index < -0.39 is 11.9 Å². The number of unbranched alkanes of at least 4 members (excludes halogenated alkanes) is 18. The van der Waals surface area contributed by atoms with Crippen LogP contribution in [0.1, 0.15) is 169 Å². The van der Waals surface area contributed by atoms with Crippen LogP contribution in [0.3, 0.4) is 0 Å². The van der Waals surface area contributed by atoms with E-state index in [-0.39, 0.29) is 0 Å². The molecule has 0 aliphatic heterocycles. The van der Waals surface area contributed by atoms with Crippen molar-refractivity contribution < 1.29 is 33.3 Å². The van der Waals surface area contributed by atoms with Gasteiger partial charge >= 0.3 is 11.9 Å². The van der Waals surface area contributed by atoms with E-state index >= 15 is 0 Å². The first kappa shape index (κ1) is 49.2. The lowest BCUT2D eigenvalue weighted by Gasteiger charge is -2.14. The van der Waals surface area contributed by atoms with E-state index in [0.717, 1.165) is 54.7 Å². The van der Waals surface area contributed by atoms with Gasteiger partial charge in [0.05, 0.1) is 25.4 Å². The Kier molecular flexibility index (Phi) is 24.7. The van der Waals surface area contributed by atoms with Gasteiger partial charge in [-0.15, -0.1) is 0 Å². The minimum absolute atomic E-state index is 0.370. The molecule has 0 atom stereocenters. The van der Waals surface area contributed by atoms with Gasteiger partial charge < -0.3 is 23.7 Å². The van der Waals surface area contributed by atoms with Crippen molar-refractivity contribution in [3.63, 3.8) is 0 Å². The fraction of sp³-hybridized carbons (Fsp3) is 0.509. The molecular weight excluding hydrogens is 781 g/mol. The molecule has 0 heterocycles. The maximum atomic E-state index is 13.5. The van der Waals surface area contributed by atoms with E-state index in [1.54, 1.807) is 42.5 Å². The minimum atomic E-state index is -0.482. The molecule has 0 fully saturated rings. The van der Waals surface area contributed by atoms with Gasteiger partial charge in [-0.1, -0.05) is 147 Å². The third-order valence-corrected chi connectivity index (χ3v) is 11.1. The van der Waals surface area contributed by atoms with Crippen LogP contribution >= 0.6 is 12.6 Å². The molecule has 0 saturated heterocycles. The van der Waals surface area contributed by atoms with Gasteiger partial charge in [-0.05, 0) is 103 Å². The molecule has 0 radical (unpaired) electrons. The van der Waals surface area contributed by atoms with Crippen molar-refractivity contribution in [3.05, 3.63) is 102 Å². The maximum absolute atomic E-state index is 13.5. The Morgan fingerprint density at radius 1 is 0.410 bits per heavy atom. The summed E-state index contributed by atoms with van der Waals surface area (Å²) in [6, 6.07) is 27.2. The molecule has 4 rings (SSSR count). The van der Waals surface area contributed by atoms with Crippen molar-refractivity contribution in [2.24, 2.45) is 0 Å². The summed E-state index contributed by atoms with van der Waals surface area (Å²) in [6.45, 7) is 6.28. The van der Waals surface area contributed by atoms with E-state index in [1.165, 1.54) is 103 Å². The number of carbonyl (C=O) groups is 2. The van der Waals surface area contributed by atoms with Crippen LogP contribution in [0.25, 0.3) is 11.1 Å². The molecule has 0 unspecified atom stereocenters. The summed E-state index contributed by atoms with van der Waals surface area (Å²) >= 11 is 4.30. The molecule has 0 aliphatic rings. The molecule has 0 aliphatic carbocycles. The quantitative estimate of drug-likeness (QED) is 0.0221. The van der Waals surface area contributed by atoms with Gasteiger partial charge in [0, 0.05) is 6.07 Å². The average Bonchev–Trinajstić information content (AvgIpc) is 3.28. The highest BCUT2D eigenvalue weighted by molar-refractivity contribution is 7.80. The molecule has 332 valence electrons. The third kappa shape index (κ3) is 19.9. The minimum Gasteiger partial charge on any atom is -0.494 e. The zero-order valence-electron chi connectivity index (χ0n) is 37.1. The molecule has 0 amide bonds. The maximum Gasteiger partial charge on any atom is 0.347 e. The first-order valence-electron chi connectivity index (χ1n) is 23.4. The Balaban J connectivity index is 1.26. The Hall–Kier alpha value is -4.43. The van der Waals surface area contributed by atoms with E-state index in [4.69, 9.17) is 23.7 Å². The molecule has 7 nitrogen and oxygen atoms in total. The van der Waals surface area contributed by atoms with E-state index in [0.29, 0.717) is 53.9 Å². The second-order valence-electron chi connectivity index (χ2n) is 16.0. The Labute approximate surface area is 372 Å². The molecule has 0 spiro atoms. The lowest BCUT2D eigenvalue weighted by molar-refractivity contribution is 0.0722. The van der Waals surface area contributed by atoms with Gasteiger partial charge in [-0.3, -0.25) is 0 Å². The number of thiol groups is 1. The van der Waals surface area contributed by atoms with E-state index in [9.17, 15) is 9.59 Å². The van der Waals surface area contributed by atoms with Crippen LogP contribution in [-0.4, -0.2) is 37.5 Å². The highest BCUT2D eigenvalue weighted by Crippen LogP contribution is 2.29. The fourth-order valence-corrected chi connectivity index (χ4v) is 7.33. The molecule has 0 aromatic heterocycles. The molecule has 8 heteroatoms. The number of hydrogen-bond acceptors (Lipinski definition) is 8. The van der Waals surface area contributed by atoms with Crippen molar-refractivity contribution in [3.8, 4) is 39.9 Å². The van der Waals surface area contributed by atoms with Crippen LogP contribution in [0.2, 0.25) is 0 Å². The topological polar surface area (TPSA) is 80.3 Å². The monoisotopic (exact) mass is 852 g/mol. The number of esters is 2. The SMILES string of the molecule is CCCCCCCCOc1ccc(C(=O)Oc2ccc(-c3ccc(OC(=O)c4ccc(OCCCCCCCC)cc4OCCCCCCCCCCCS)cc3)cc2)cc1. The van der Waals surface area contributed by atoms with Crippen LogP contribution in [0, 0.1) is 0 Å². The number of ether oxygens (including phenoxy) is 5. The Bertz CT molecular complexity index is 1770. The second-order valence-corrected chi connectivity index (χ2v) is 16.4. The van der Waals surface area contributed by atoms with Gasteiger partial charge in [0.2, 0.25) is 0 Å². The summed E-state index contributed by atoms with van der Waals surface area (Å²) in [5, 5.41) is 0. The molecule has 61 heavy (non-hydrogen) atoms. The van der Waals surface area contributed by atoms with Crippen molar-refractivity contribution in [2.75, 3.05) is 25.6 Å². The summed E-state index contributed by atoms with van der Waals surface area (Å²) in [7, 11) is 0. The second kappa shape index (κ2) is 30.6. The van der Waals surface area contributed by atoms with Crippen LogP contribution < -0.4 is 23.7 Å². The Morgan fingerprint density at radius 3 is 1.30 bits per heavy atom. The summed E-state index contributed by atoms with van der Waals surface area (Å²) in [5.41, 5.74) is 2.69. The first-order chi connectivity index (χ1) is 30.0. The number of rotatable bonds is 33. The highest BCUT2D eigenvalue weighted by Gasteiger charge is 2.17. The number of hydrogen-bond donors (Lipinski definition) is 1. The molecule has 4 aromatic carbocycles. The van der Waals surface area contributed by atoms with Crippen LogP contribution in [0.4, 0.5) is 0 Å². The third-order valence-electron chi connectivity index (χ3n) is 10.8. The van der Waals surface area contributed by atoms with Gasteiger partial charge in [0.25, 0.3) is 0 Å². The zero-order valence-corrected chi connectivity index (χ0v) is 38.0. The summed E-state index contributed by atoms with van der Waals surface area (Å²) < 4.78 is 29.6. The summed E-state index contributed by atoms with van der Waals surface area (Å²) in [5.74, 6) is 2.88. The normalized spacial score (nSPS) is 11.0. The number of benzene rings is 4. The fourth-order valence-electron chi connectivity index (χ4n) is 7.10. The molecule has 0 N–H and O–H groups in total. The van der Waals surface area contributed by atoms with Crippen LogP contribution in [-0.2, 0) is 0 Å². The van der Waals surface area contributed by atoms with Gasteiger partial charge in [0.15, 0.2) is 0 Å². The molecule has 0 bridgehead atoms. The smallest absolute Gasteiger partial charge is 0.347 e. The van der Waals surface area contributed by atoms with Crippen molar-refractivity contribution >= 4 is 24.6 Å². The lowest BCUT2D eigenvalue weighted by atomic mass is 10.1. The summed E-state index contributed by atoms with van der Waals surface area (Å²) in [4.78, 5) is 26.4. The van der Waals surface area contributed by atoms with Gasteiger partial charge in [-0.25, -0.2) is 9.59 Å². The van der Waals surface area contributed by atoms with Crippen molar-refractivity contribution in [1.82, 2.24) is 0 Å². The molecule has 0 saturated carbocycles. The van der Waals surface area contributed by atoms with E-state index in [2.05, 4.69) is 26.5 Å². The largest absolute Gasteiger partial charge is 0.494 e. The van der Waals surface area contributed by atoms with Crippen LogP contribution in [0.15, 0.2) is 91.0 Å².